The van der Waals surface area contributed by atoms with Gasteiger partial charge in [-0.1, -0.05) is 24.3 Å². The maximum absolute atomic E-state index is 12.4. The molecule has 3 aromatic rings. The number of hydrogen-bond acceptors (Lipinski definition) is 6. The molecule has 31 heavy (non-hydrogen) atoms. The van der Waals surface area contributed by atoms with Gasteiger partial charge < -0.3 is 16.4 Å². The van der Waals surface area contributed by atoms with Crippen molar-refractivity contribution in [2.45, 2.75) is 32.2 Å². The number of carbonyl (C=O) groups is 2. The number of para-hydroxylation sites is 1. The van der Waals surface area contributed by atoms with E-state index in [4.69, 9.17) is 5.73 Å². The first-order valence-electron chi connectivity index (χ1n) is 9.89. The quantitative estimate of drug-likeness (QED) is 0.445. The minimum Gasteiger partial charge on any atom is -0.382 e. The van der Waals surface area contributed by atoms with Gasteiger partial charge in [-0.3, -0.25) is 9.59 Å². The summed E-state index contributed by atoms with van der Waals surface area (Å²) in [6.07, 6.45) is 1.28. The van der Waals surface area contributed by atoms with Gasteiger partial charge in [0.15, 0.2) is 0 Å². The highest BCUT2D eigenvalue weighted by atomic mass is 32.1. The lowest BCUT2D eigenvalue weighted by Crippen LogP contribution is -2.32. The third kappa shape index (κ3) is 5.71. The van der Waals surface area contributed by atoms with Crippen LogP contribution >= 0.6 is 11.3 Å². The van der Waals surface area contributed by atoms with Crippen molar-refractivity contribution in [3.05, 3.63) is 64.0 Å². The standard InChI is InChI=1S/C22H24N6O2S/c1-15(29)26-19(20-10-6-12-31-20)13-21(30)25-11-5-9-18-17(14-23)22(24)28(27-18)16-7-3-2-4-8-16/h2-4,6-8,10,12,19H,5,9,11,13,24H2,1H3,(H,25,30)(H,26,29). The lowest BCUT2D eigenvalue weighted by molar-refractivity contribution is -0.122. The van der Waals surface area contributed by atoms with Crippen LogP contribution in [0.5, 0.6) is 0 Å². The highest BCUT2D eigenvalue weighted by Crippen LogP contribution is 2.23. The lowest BCUT2D eigenvalue weighted by atomic mass is 10.1. The number of nitrogens with zero attached hydrogens (tertiary/aromatic N) is 3. The Morgan fingerprint density at radius 2 is 2.03 bits per heavy atom. The van der Waals surface area contributed by atoms with Gasteiger partial charge in [-0.2, -0.15) is 10.4 Å². The first-order chi connectivity index (χ1) is 15.0. The van der Waals surface area contributed by atoms with E-state index in [0.29, 0.717) is 36.5 Å². The lowest BCUT2D eigenvalue weighted by Gasteiger charge is -2.16. The second-order valence-corrected chi connectivity index (χ2v) is 7.97. The van der Waals surface area contributed by atoms with Gasteiger partial charge in [-0.05, 0) is 36.4 Å². The molecule has 0 radical (unpaired) electrons. The highest BCUT2D eigenvalue weighted by Gasteiger charge is 2.19. The predicted molar refractivity (Wildman–Crippen MR) is 120 cm³/mol. The number of rotatable bonds is 9. The number of amides is 2. The van der Waals surface area contributed by atoms with Crippen LogP contribution in [0.25, 0.3) is 5.69 Å². The van der Waals surface area contributed by atoms with Crippen molar-refractivity contribution in [3.8, 4) is 11.8 Å². The van der Waals surface area contributed by atoms with Crippen molar-refractivity contribution >= 4 is 29.0 Å². The predicted octanol–water partition coefficient (Wildman–Crippen LogP) is 2.70. The summed E-state index contributed by atoms with van der Waals surface area (Å²) in [5.74, 6) is -0.0226. The minimum absolute atomic E-state index is 0.151. The second kappa shape index (κ2) is 10.4. The van der Waals surface area contributed by atoms with Crippen LogP contribution in [0.15, 0.2) is 47.8 Å². The number of thiophene rings is 1. The van der Waals surface area contributed by atoms with E-state index in [0.717, 1.165) is 10.6 Å². The van der Waals surface area contributed by atoms with Crippen LogP contribution < -0.4 is 16.4 Å². The fourth-order valence-corrected chi connectivity index (χ4v) is 4.02. The highest BCUT2D eigenvalue weighted by molar-refractivity contribution is 7.10. The summed E-state index contributed by atoms with van der Waals surface area (Å²) in [6.45, 7) is 1.87. The molecule has 0 saturated heterocycles. The number of nitriles is 1. The number of carbonyl (C=O) groups excluding carboxylic acids is 2. The number of nitrogen functional groups attached to an aromatic ring is 1. The van der Waals surface area contributed by atoms with E-state index >= 15 is 0 Å². The van der Waals surface area contributed by atoms with Crippen LogP contribution in [0.3, 0.4) is 0 Å². The summed E-state index contributed by atoms with van der Waals surface area (Å²) in [5.41, 5.74) is 7.86. The zero-order chi connectivity index (χ0) is 22.2. The molecule has 1 atom stereocenters. The molecule has 0 spiro atoms. The van der Waals surface area contributed by atoms with Gasteiger partial charge in [-0.15, -0.1) is 11.3 Å². The summed E-state index contributed by atoms with van der Waals surface area (Å²) in [7, 11) is 0. The SMILES string of the molecule is CC(=O)NC(CC(=O)NCCCc1nn(-c2ccccc2)c(N)c1C#N)c1cccs1. The number of aromatic nitrogens is 2. The molecule has 8 nitrogen and oxygen atoms in total. The Hall–Kier alpha value is -3.64. The van der Waals surface area contributed by atoms with Gasteiger partial charge >= 0.3 is 0 Å². The number of nitrogens with two attached hydrogens (primary N) is 1. The Balaban J connectivity index is 1.55. The molecule has 0 saturated carbocycles. The molecule has 0 fully saturated rings. The van der Waals surface area contributed by atoms with Gasteiger partial charge in [-0.25, -0.2) is 4.68 Å². The summed E-state index contributed by atoms with van der Waals surface area (Å²) >= 11 is 1.50. The molecule has 0 aliphatic rings. The Morgan fingerprint density at radius 1 is 1.26 bits per heavy atom. The fraction of sp³-hybridized carbons (Fsp3) is 0.273. The Morgan fingerprint density at radius 3 is 2.68 bits per heavy atom. The smallest absolute Gasteiger partial charge is 0.222 e. The van der Waals surface area contributed by atoms with Gasteiger partial charge in [0.25, 0.3) is 0 Å². The Kier molecular flexibility index (Phi) is 7.40. The first kappa shape index (κ1) is 22.1. The first-order valence-corrected chi connectivity index (χ1v) is 10.8. The Bertz CT molecular complexity index is 1070. The Labute approximate surface area is 184 Å². The fourth-order valence-electron chi connectivity index (χ4n) is 3.24. The molecule has 9 heteroatoms. The summed E-state index contributed by atoms with van der Waals surface area (Å²) in [6, 6.07) is 15.0. The van der Waals surface area contributed by atoms with E-state index in [1.807, 2.05) is 47.8 Å². The second-order valence-electron chi connectivity index (χ2n) is 6.99. The van der Waals surface area contributed by atoms with Gasteiger partial charge in [0.05, 0.1) is 23.8 Å². The van der Waals surface area contributed by atoms with E-state index in [1.165, 1.54) is 18.3 Å². The number of benzene rings is 1. The summed E-state index contributed by atoms with van der Waals surface area (Å²) in [5, 5.41) is 21.6. The molecule has 1 aromatic carbocycles. The topological polar surface area (TPSA) is 126 Å². The molecule has 0 bridgehead atoms. The molecule has 0 aliphatic heterocycles. The van der Waals surface area contributed by atoms with Crippen molar-refractivity contribution in [1.82, 2.24) is 20.4 Å². The zero-order valence-electron chi connectivity index (χ0n) is 17.2. The van der Waals surface area contributed by atoms with Crippen molar-refractivity contribution in [2.24, 2.45) is 0 Å². The van der Waals surface area contributed by atoms with Gasteiger partial charge in [0, 0.05) is 18.3 Å². The summed E-state index contributed by atoms with van der Waals surface area (Å²) < 4.78 is 1.56. The summed E-state index contributed by atoms with van der Waals surface area (Å²) in [4.78, 5) is 24.8. The molecule has 3 rings (SSSR count). The van der Waals surface area contributed by atoms with E-state index in [1.54, 1.807) is 4.68 Å². The number of anilines is 1. The van der Waals surface area contributed by atoms with Crippen LogP contribution in [-0.4, -0.2) is 28.1 Å². The van der Waals surface area contributed by atoms with Crippen molar-refractivity contribution in [2.75, 3.05) is 12.3 Å². The molecule has 1 unspecified atom stereocenters. The third-order valence-electron chi connectivity index (χ3n) is 4.67. The average Bonchev–Trinajstić information content (AvgIpc) is 3.39. The van der Waals surface area contributed by atoms with Crippen LogP contribution in [-0.2, 0) is 16.0 Å². The van der Waals surface area contributed by atoms with Crippen LogP contribution in [0.1, 0.15) is 41.9 Å². The monoisotopic (exact) mass is 436 g/mol. The maximum atomic E-state index is 12.4. The molecule has 2 aromatic heterocycles. The number of nitrogens with one attached hydrogen (secondary N) is 2. The molecule has 2 heterocycles. The van der Waals surface area contributed by atoms with E-state index < -0.39 is 0 Å². The van der Waals surface area contributed by atoms with Crippen LogP contribution in [0.4, 0.5) is 5.82 Å². The van der Waals surface area contributed by atoms with E-state index in [-0.39, 0.29) is 24.3 Å². The number of aryl methyl sites for hydroxylation is 1. The van der Waals surface area contributed by atoms with Crippen molar-refractivity contribution in [1.29, 1.82) is 5.26 Å². The molecular weight excluding hydrogens is 412 g/mol. The normalized spacial score (nSPS) is 11.5. The van der Waals surface area contributed by atoms with Crippen molar-refractivity contribution < 1.29 is 9.59 Å². The molecular formula is C22H24N6O2S. The van der Waals surface area contributed by atoms with Gasteiger partial charge in [0.2, 0.25) is 11.8 Å². The average molecular weight is 437 g/mol. The van der Waals surface area contributed by atoms with E-state index in [9.17, 15) is 14.9 Å². The van der Waals surface area contributed by atoms with Crippen LogP contribution in [0, 0.1) is 11.3 Å². The maximum Gasteiger partial charge on any atom is 0.222 e. The molecule has 4 N–H and O–H groups in total. The largest absolute Gasteiger partial charge is 0.382 e. The van der Waals surface area contributed by atoms with Gasteiger partial charge in [0.1, 0.15) is 17.5 Å². The molecule has 160 valence electrons. The number of hydrogen-bond donors (Lipinski definition) is 3. The van der Waals surface area contributed by atoms with E-state index in [2.05, 4.69) is 21.8 Å². The molecule has 0 aliphatic carbocycles. The van der Waals surface area contributed by atoms with Crippen LogP contribution in [0.2, 0.25) is 0 Å². The third-order valence-corrected chi connectivity index (χ3v) is 5.66. The molecule has 2 amide bonds. The minimum atomic E-state index is -0.343. The zero-order valence-corrected chi connectivity index (χ0v) is 18.0. The van der Waals surface area contributed by atoms with Crippen molar-refractivity contribution in [3.63, 3.8) is 0 Å².